The number of carbonyl (C=O) groups is 1. The minimum absolute atomic E-state index is 0.161. The molecule has 1 heterocycles. The zero-order valence-corrected chi connectivity index (χ0v) is 19.4. The molecule has 1 N–H and O–H groups in total. The van der Waals surface area contributed by atoms with E-state index in [-0.39, 0.29) is 23.5 Å². The van der Waals surface area contributed by atoms with E-state index in [1.54, 1.807) is 17.0 Å². The number of amides is 1. The Balaban J connectivity index is 1.62. The molecule has 1 amide bonds. The predicted molar refractivity (Wildman–Crippen MR) is 118 cm³/mol. The molecular weight excluding hydrogens is 478 g/mol. The molecule has 3 rings (SSSR count). The predicted octanol–water partition coefficient (Wildman–Crippen LogP) is 3.33. The summed E-state index contributed by atoms with van der Waals surface area (Å²) in [6.07, 6.45) is -3.87. The Hall–Kier alpha value is -2.86. The Labute approximate surface area is 195 Å². The molecule has 186 valence electrons. The van der Waals surface area contributed by atoms with Gasteiger partial charge in [0.2, 0.25) is 10.0 Å². The molecular formula is C22H25F4N3O4S. The normalized spacial score (nSPS) is 17.5. The molecule has 34 heavy (non-hydrogen) atoms. The zero-order valence-electron chi connectivity index (χ0n) is 18.6. The number of rotatable bonds is 7. The first-order valence-electron chi connectivity index (χ1n) is 10.4. The fourth-order valence-electron chi connectivity index (χ4n) is 3.73. The van der Waals surface area contributed by atoms with E-state index in [9.17, 15) is 30.8 Å². The van der Waals surface area contributed by atoms with Crippen molar-refractivity contribution in [3.05, 3.63) is 59.4 Å². The first-order valence-corrected chi connectivity index (χ1v) is 12.3. The zero-order chi connectivity index (χ0) is 25.1. The summed E-state index contributed by atoms with van der Waals surface area (Å²) in [5, 5.41) is 0. The fraction of sp³-hybridized carbons (Fsp3) is 0.409. The SMILES string of the molecule is C[C@@H]1CN(Cc2ccc(F)cc2)CCN1C(=O)COc1ccc(C(F)(F)F)cc1NS(C)(=O)=O. The van der Waals surface area contributed by atoms with Crippen LogP contribution in [-0.2, 0) is 27.5 Å². The molecule has 1 saturated heterocycles. The van der Waals surface area contributed by atoms with Crippen molar-refractivity contribution in [2.45, 2.75) is 25.7 Å². The molecule has 0 saturated carbocycles. The van der Waals surface area contributed by atoms with Crippen molar-refractivity contribution in [1.29, 1.82) is 0 Å². The number of nitrogens with one attached hydrogen (secondary N) is 1. The van der Waals surface area contributed by atoms with E-state index in [0.717, 1.165) is 24.0 Å². The second kappa shape index (κ2) is 10.2. The highest BCUT2D eigenvalue weighted by atomic mass is 32.2. The van der Waals surface area contributed by atoms with E-state index in [1.165, 1.54) is 12.1 Å². The molecule has 0 radical (unpaired) electrons. The molecule has 12 heteroatoms. The molecule has 0 spiro atoms. The van der Waals surface area contributed by atoms with Crippen LogP contribution in [0.4, 0.5) is 23.2 Å². The molecule has 0 aliphatic carbocycles. The van der Waals surface area contributed by atoms with Gasteiger partial charge in [-0.25, -0.2) is 12.8 Å². The number of hydrogen-bond donors (Lipinski definition) is 1. The average Bonchev–Trinajstić information content (AvgIpc) is 2.72. The molecule has 1 aliphatic heterocycles. The molecule has 1 atom stereocenters. The fourth-order valence-corrected chi connectivity index (χ4v) is 4.29. The number of nitrogens with zero attached hydrogens (tertiary/aromatic N) is 2. The Morgan fingerprint density at radius 3 is 2.41 bits per heavy atom. The summed E-state index contributed by atoms with van der Waals surface area (Å²) in [7, 11) is -3.88. The molecule has 0 bridgehead atoms. The maximum Gasteiger partial charge on any atom is 0.416 e. The van der Waals surface area contributed by atoms with Gasteiger partial charge in [0.05, 0.1) is 17.5 Å². The lowest BCUT2D eigenvalue weighted by molar-refractivity contribution is -0.139. The molecule has 0 aromatic heterocycles. The lowest BCUT2D eigenvalue weighted by Gasteiger charge is -2.39. The van der Waals surface area contributed by atoms with Gasteiger partial charge in [-0.1, -0.05) is 12.1 Å². The first-order chi connectivity index (χ1) is 15.8. The lowest BCUT2D eigenvalue weighted by Crippen LogP contribution is -2.54. The van der Waals surface area contributed by atoms with Gasteiger partial charge < -0.3 is 9.64 Å². The summed E-state index contributed by atoms with van der Waals surface area (Å²) in [5.74, 6) is -0.871. The third kappa shape index (κ3) is 7.07. The van der Waals surface area contributed by atoms with Crippen LogP contribution in [0.15, 0.2) is 42.5 Å². The van der Waals surface area contributed by atoms with Crippen LogP contribution < -0.4 is 9.46 Å². The standard InChI is InChI=1S/C22H25F4N3O4S/c1-15-12-28(13-16-3-6-18(23)7-4-16)9-10-29(15)21(30)14-33-20-8-5-17(22(24,25)26)11-19(20)27-34(2,31)32/h3-8,11,15,27H,9-10,12-14H2,1-2H3/t15-/m1/s1. The number of ether oxygens (including phenoxy) is 1. The molecule has 1 aliphatic rings. The molecule has 7 nitrogen and oxygen atoms in total. The number of hydrogen-bond acceptors (Lipinski definition) is 5. The van der Waals surface area contributed by atoms with Gasteiger partial charge >= 0.3 is 6.18 Å². The van der Waals surface area contributed by atoms with Gasteiger partial charge in [0, 0.05) is 32.2 Å². The van der Waals surface area contributed by atoms with Crippen LogP contribution in [0.2, 0.25) is 0 Å². The summed E-state index contributed by atoms with van der Waals surface area (Å²) in [5.41, 5.74) is -0.504. The van der Waals surface area contributed by atoms with Gasteiger partial charge in [-0.3, -0.25) is 14.4 Å². The number of benzene rings is 2. The Kier molecular flexibility index (Phi) is 7.71. The summed E-state index contributed by atoms with van der Waals surface area (Å²) in [4.78, 5) is 16.5. The van der Waals surface area contributed by atoms with E-state index in [4.69, 9.17) is 4.74 Å². The van der Waals surface area contributed by atoms with Gasteiger partial charge in [0.25, 0.3) is 5.91 Å². The third-order valence-electron chi connectivity index (χ3n) is 5.30. The first kappa shape index (κ1) is 25.8. The van der Waals surface area contributed by atoms with E-state index < -0.39 is 34.1 Å². The topological polar surface area (TPSA) is 79.0 Å². The number of piperazine rings is 1. The Morgan fingerprint density at radius 1 is 1.15 bits per heavy atom. The van der Waals surface area contributed by atoms with Crippen LogP contribution in [0.1, 0.15) is 18.1 Å². The molecule has 0 unspecified atom stereocenters. The second-order valence-corrected chi connectivity index (χ2v) is 9.92. The third-order valence-corrected chi connectivity index (χ3v) is 5.90. The van der Waals surface area contributed by atoms with Crippen LogP contribution in [0, 0.1) is 5.82 Å². The van der Waals surface area contributed by atoms with Crippen molar-refractivity contribution < 1.29 is 35.5 Å². The Bertz CT molecular complexity index is 1120. The molecule has 2 aromatic carbocycles. The van der Waals surface area contributed by atoms with Crippen LogP contribution in [-0.4, -0.2) is 62.7 Å². The largest absolute Gasteiger partial charge is 0.482 e. The Morgan fingerprint density at radius 2 is 1.82 bits per heavy atom. The summed E-state index contributed by atoms with van der Waals surface area (Å²) in [6, 6.07) is 8.39. The monoisotopic (exact) mass is 503 g/mol. The van der Waals surface area contributed by atoms with Crippen LogP contribution >= 0.6 is 0 Å². The van der Waals surface area contributed by atoms with Crippen molar-refractivity contribution in [2.75, 3.05) is 37.2 Å². The minimum Gasteiger partial charge on any atom is -0.482 e. The van der Waals surface area contributed by atoms with Crippen molar-refractivity contribution in [2.24, 2.45) is 0 Å². The van der Waals surface area contributed by atoms with Gasteiger partial charge in [-0.05, 0) is 42.8 Å². The molecule has 1 fully saturated rings. The van der Waals surface area contributed by atoms with Crippen LogP contribution in [0.3, 0.4) is 0 Å². The number of carbonyl (C=O) groups excluding carboxylic acids is 1. The van der Waals surface area contributed by atoms with Gasteiger partial charge in [-0.2, -0.15) is 13.2 Å². The van der Waals surface area contributed by atoms with Crippen LogP contribution in [0.5, 0.6) is 5.75 Å². The lowest BCUT2D eigenvalue weighted by atomic mass is 10.1. The highest BCUT2D eigenvalue weighted by Gasteiger charge is 2.32. The van der Waals surface area contributed by atoms with Gasteiger partial charge in [0.15, 0.2) is 6.61 Å². The van der Waals surface area contributed by atoms with Gasteiger partial charge in [-0.15, -0.1) is 0 Å². The van der Waals surface area contributed by atoms with Gasteiger partial charge in [0.1, 0.15) is 11.6 Å². The van der Waals surface area contributed by atoms with E-state index in [0.29, 0.717) is 32.2 Å². The second-order valence-electron chi connectivity index (χ2n) is 8.17. The number of anilines is 1. The highest BCUT2D eigenvalue weighted by Crippen LogP contribution is 2.35. The average molecular weight is 504 g/mol. The van der Waals surface area contributed by atoms with Crippen molar-refractivity contribution in [3.63, 3.8) is 0 Å². The van der Waals surface area contributed by atoms with E-state index in [2.05, 4.69) is 4.90 Å². The number of sulfonamides is 1. The van der Waals surface area contributed by atoms with E-state index >= 15 is 0 Å². The highest BCUT2D eigenvalue weighted by molar-refractivity contribution is 7.92. The van der Waals surface area contributed by atoms with Crippen LogP contribution in [0.25, 0.3) is 0 Å². The van der Waals surface area contributed by atoms with E-state index in [1.807, 2.05) is 11.6 Å². The quantitative estimate of drug-likeness (QED) is 0.587. The maximum atomic E-state index is 13.1. The van der Waals surface area contributed by atoms with Crippen molar-refractivity contribution in [3.8, 4) is 5.75 Å². The van der Waals surface area contributed by atoms with Crippen molar-refractivity contribution in [1.82, 2.24) is 9.80 Å². The summed E-state index contributed by atoms with van der Waals surface area (Å²) in [6.45, 7) is 3.57. The number of halogens is 4. The smallest absolute Gasteiger partial charge is 0.416 e. The minimum atomic E-state index is -4.68. The summed E-state index contributed by atoms with van der Waals surface area (Å²) < 4.78 is 82.7. The molecule has 2 aromatic rings. The summed E-state index contributed by atoms with van der Waals surface area (Å²) >= 11 is 0. The van der Waals surface area contributed by atoms with Crippen molar-refractivity contribution >= 4 is 21.6 Å². The number of alkyl halides is 3. The maximum absolute atomic E-state index is 13.1.